The van der Waals surface area contributed by atoms with Gasteiger partial charge in [0.15, 0.2) is 0 Å². The number of carbonyl (C=O) groups excluding carboxylic acids is 1. The number of carbonyl (C=O) groups is 1. The van der Waals surface area contributed by atoms with Gasteiger partial charge in [-0.1, -0.05) is 17.7 Å². The van der Waals surface area contributed by atoms with Gasteiger partial charge in [0, 0.05) is 45.8 Å². The standard InChI is InChI=1S/C25H26ClNO3/c1-4-29-23-14-24-20(18-7-5-6-8-22(18)30-24)13-19(23)16(3)11-25(28)27-17-10-9-15(2)21(26)12-17/h9-14H,4-8H2,1-3H3,(H,27,28)/b16-11+. The lowest BCUT2D eigenvalue weighted by atomic mass is 9.94. The van der Waals surface area contributed by atoms with E-state index in [2.05, 4.69) is 11.4 Å². The summed E-state index contributed by atoms with van der Waals surface area (Å²) in [5.74, 6) is 1.62. The molecule has 0 aliphatic heterocycles. The molecule has 0 atom stereocenters. The van der Waals surface area contributed by atoms with Crippen molar-refractivity contribution < 1.29 is 13.9 Å². The molecular weight excluding hydrogens is 398 g/mol. The predicted molar refractivity (Wildman–Crippen MR) is 122 cm³/mol. The Bertz CT molecular complexity index is 1140. The molecular formula is C25H26ClNO3. The van der Waals surface area contributed by atoms with E-state index < -0.39 is 0 Å². The first-order valence-corrected chi connectivity index (χ1v) is 10.8. The van der Waals surface area contributed by atoms with Crippen LogP contribution in [0.5, 0.6) is 5.75 Å². The predicted octanol–water partition coefficient (Wildman–Crippen LogP) is 6.71. The second kappa shape index (κ2) is 8.57. The van der Waals surface area contributed by atoms with Crippen molar-refractivity contribution in [3.05, 3.63) is 63.9 Å². The van der Waals surface area contributed by atoms with Crippen LogP contribution in [0, 0.1) is 6.92 Å². The average molecular weight is 424 g/mol. The van der Waals surface area contributed by atoms with Crippen molar-refractivity contribution in [1.29, 1.82) is 0 Å². The maximum Gasteiger partial charge on any atom is 0.248 e. The van der Waals surface area contributed by atoms with Gasteiger partial charge in [0.1, 0.15) is 17.1 Å². The summed E-state index contributed by atoms with van der Waals surface area (Å²) in [6.07, 6.45) is 5.97. The van der Waals surface area contributed by atoms with Crippen LogP contribution in [0.3, 0.4) is 0 Å². The fourth-order valence-corrected chi connectivity index (χ4v) is 4.18. The van der Waals surface area contributed by atoms with Crippen LogP contribution in [0.4, 0.5) is 5.69 Å². The summed E-state index contributed by atoms with van der Waals surface area (Å²) < 4.78 is 12.0. The van der Waals surface area contributed by atoms with E-state index in [9.17, 15) is 4.79 Å². The number of benzene rings is 2. The molecule has 0 fully saturated rings. The summed E-state index contributed by atoms with van der Waals surface area (Å²) >= 11 is 6.17. The van der Waals surface area contributed by atoms with Crippen LogP contribution >= 0.6 is 11.6 Å². The average Bonchev–Trinajstić information content (AvgIpc) is 3.07. The highest BCUT2D eigenvalue weighted by Gasteiger charge is 2.20. The molecule has 5 heteroatoms. The van der Waals surface area contributed by atoms with E-state index in [0.717, 1.165) is 52.0 Å². The highest BCUT2D eigenvalue weighted by Crippen LogP contribution is 2.38. The van der Waals surface area contributed by atoms with Crippen molar-refractivity contribution in [3.63, 3.8) is 0 Å². The number of allylic oxidation sites excluding steroid dienone is 1. The number of anilines is 1. The molecule has 1 amide bonds. The minimum absolute atomic E-state index is 0.204. The van der Waals surface area contributed by atoms with E-state index in [1.54, 1.807) is 12.1 Å². The molecule has 1 heterocycles. The molecule has 0 radical (unpaired) electrons. The molecule has 30 heavy (non-hydrogen) atoms. The quantitative estimate of drug-likeness (QED) is 0.463. The van der Waals surface area contributed by atoms with Gasteiger partial charge in [-0.15, -0.1) is 0 Å². The molecule has 1 aliphatic rings. The summed E-state index contributed by atoms with van der Waals surface area (Å²) in [5.41, 5.74) is 5.55. The zero-order valence-corrected chi connectivity index (χ0v) is 18.4. The number of amides is 1. The Kier molecular flexibility index (Phi) is 5.87. The summed E-state index contributed by atoms with van der Waals surface area (Å²) in [7, 11) is 0. The molecule has 3 aromatic rings. The van der Waals surface area contributed by atoms with Gasteiger partial charge in [-0.3, -0.25) is 4.79 Å². The Balaban J connectivity index is 1.67. The third kappa shape index (κ3) is 4.10. The highest BCUT2D eigenvalue weighted by atomic mass is 35.5. The number of fused-ring (bicyclic) bond motifs is 3. The maximum atomic E-state index is 12.6. The molecule has 0 bridgehead atoms. The number of aryl methyl sites for hydroxylation is 3. The first-order chi connectivity index (χ1) is 14.5. The minimum atomic E-state index is -0.204. The van der Waals surface area contributed by atoms with Crippen LogP contribution in [-0.4, -0.2) is 12.5 Å². The van der Waals surface area contributed by atoms with Gasteiger partial charge in [0.2, 0.25) is 5.91 Å². The maximum absolute atomic E-state index is 12.6. The summed E-state index contributed by atoms with van der Waals surface area (Å²) in [6.45, 7) is 6.35. The molecule has 4 rings (SSSR count). The van der Waals surface area contributed by atoms with Gasteiger partial charge >= 0.3 is 0 Å². The fraction of sp³-hybridized carbons (Fsp3) is 0.320. The molecule has 1 N–H and O–H groups in total. The second-order valence-corrected chi connectivity index (χ2v) is 8.18. The number of halogens is 1. The molecule has 0 spiro atoms. The van der Waals surface area contributed by atoms with Crippen molar-refractivity contribution >= 4 is 39.7 Å². The molecule has 156 valence electrons. The number of hydrogen-bond donors (Lipinski definition) is 1. The van der Waals surface area contributed by atoms with Crippen molar-refractivity contribution in [2.45, 2.75) is 46.5 Å². The number of hydrogen-bond acceptors (Lipinski definition) is 3. The van der Waals surface area contributed by atoms with Gasteiger partial charge in [-0.05, 0) is 69.4 Å². The molecule has 0 saturated carbocycles. The van der Waals surface area contributed by atoms with Crippen molar-refractivity contribution in [2.75, 3.05) is 11.9 Å². The fourth-order valence-electron chi connectivity index (χ4n) is 4.00. The van der Waals surface area contributed by atoms with E-state index in [1.165, 1.54) is 18.4 Å². The van der Waals surface area contributed by atoms with Gasteiger partial charge < -0.3 is 14.5 Å². The lowest BCUT2D eigenvalue weighted by molar-refractivity contribution is -0.111. The van der Waals surface area contributed by atoms with Crippen LogP contribution in [0.2, 0.25) is 5.02 Å². The normalized spacial score (nSPS) is 13.9. The third-order valence-electron chi connectivity index (χ3n) is 5.57. The topological polar surface area (TPSA) is 51.5 Å². The minimum Gasteiger partial charge on any atom is -0.493 e. The van der Waals surface area contributed by atoms with Crippen molar-refractivity contribution in [3.8, 4) is 5.75 Å². The lowest BCUT2D eigenvalue weighted by Gasteiger charge is -2.12. The monoisotopic (exact) mass is 423 g/mol. The molecule has 4 nitrogen and oxygen atoms in total. The highest BCUT2D eigenvalue weighted by molar-refractivity contribution is 6.31. The number of nitrogens with one attached hydrogen (secondary N) is 1. The lowest BCUT2D eigenvalue weighted by Crippen LogP contribution is -2.09. The number of ether oxygens (including phenoxy) is 1. The summed E-state index contributed by atoms with van der Waals surface area (Å²) in [6, 6.07) is 9.56. The Morgan fingerprint density at radius 3 is 2.80 bits per heavy atom. The first kappa shape index (κ1) is 20.5. The first-order valence-electron chi connectivity index (χ1n) is 10.4. The van der Waals surface area contributed by atoms with Crippen LogP contribution < -0.4 is 10.1 Å². The largest absolute Gasteiger partial charge is 0.493 e. The second-order valence-electron chi connectivity index (χ2n) is 7.77. The van der Waals surface area contributed by atoms with Crippen LogP contribution in [-0.2, 0) is 17.6 Å². The van der Waals surface area contributed by atoms with Crippen LogP contribution in [0.1, 0.15) is 49.1 Å². The molecule has 0 saturated heterocycles. The Hall–Kier alpha value is -2.72. The van der Waals surface area contributed by atoms with Crippen LogP contribution in [0.25, 0.3) is 16.5 Å². The van der Waals surface area contributed by atoms with E-state index in [1.807, 2.05) is 39.0 Å². The Morgan fingerprint density at radius 1 is 1.23 bits per heavy atom. The molecule has 1 aliphatic carbocycles. The zero-order chi connectivity index (χ0) is 21.3. The van der Waals surface area contributed by atoms with E-state index in [-0.39, 0.29) is 5.91 Å². The van der Waals surface area contributed by atoms with E-state index in [0.29, 0.717) is 17.3 Å². The van der Waals surface area contributed by atoms with Crippen LogP contribution in [0.15, 0.2) is 40.8 Å². The molecule has 2 aromatic carbocycles. The number of rotatable bonds is 5. The Labute approximate surface area is 181 Å². The molecule has 1 aromatic heterocycles. The Morgan fingerprint density at radius 2 is 2.03 bits per heavy atom. The van der Waals surface area contributed by atoms with Gasteiger partial charge in [-0.25, -0.2) is 0 Å². The van der Waals surface area contributed by atoms with E-state index in [4.69, 9.17) is 20.8 Å². The van der Waals surface area contributed by atoms with Gasteiger partial charge in [0.25, 0.3) is 0 Å². The number of furan rings is 1. The zero-order valence-electron chi connectivity index (χ0n) is 17.6. The van der Waals surface area contributed by atoms with Gasteiger partial charge in [-0.2, -0.15) is 0 Å². The summed E-state index contributed by atoms with van der Waals surface area (Å²) in [4.78, 5) is 12.6. The summed E-state index contributed by atoms with van der Waals surface area (Å²) in [5, 5.41) is 4.64. The third-order valence-corrected chi connectivity index (χ3v) is 5.98. The van der Waals surface area contributed by atoms with Gasteiger partial charge in [0.05, 0.1) is 6.61 Å². The smallest absolute Gasteiger partial charge is 0.248 e. The SMILES string of the molecule is CCOc1cc2oc3c(c2cc1/C(C)=C/C(=O)Nc1ccc(C)c(Cl)c1)CCCC3. The van der Waals surface area contributed by atoms with E-state index >= 15 is 0 Å². The molecule has 0 unspecified atom stereocenters. The van der Waals surface area contributed by atoms with Crippen molar-refractivity contribution in [2.24, 2.45) is 0 Å². The van der Waals surface area contributed by atoms with Crippen molar-refractivity contribution in [1.82, 2.24) is 0 Å².